The zero-order valence-electron chi connectivity index (χ0n) is 10.1. The van der Waals surface area contributed by atoms with Gasteiger partial charge in [-0.25, -0.2) is 0 Å². The molecule has 18 heavy (non-hydrogen) atoms. The number of carbonyl (C=O) groups is 1. The second-order valence-electron chi connectivity index (χ2n) is 3.70. The first-order chi connectivity index (χ1) is 8.83. The van der Waals surface area contributed by atoms with Crippen LogP contribution in [-0.2, 0) is 4.79 Å². The lowest BCUT2D eigenvalue weighted by molar-refractivity contribution is -0.120. The highest BCUT2D eigenvalue weighted by Gasteiger charge is 1.99. The van der Waals surface area contributed by atoms with Crippen LogP contribution >= 0.6 is 0 Å². The van der Waals surface area contributed by atoms with Crippen LogP contribution in [0.25, 0.3) is 11.1 Å². The quantitative estimate of drug-likeness (QED) is 0.755. The van der Waals surface area contributed by atoms with E-state index in [4.69, 9.17) is 9.47 Å². The molecule has 0 heterocycles. The van der Waals surface area contributed by atoms with Crippen LogP contribution in [0.15, 0.2) is 48.5 Å². The van der Waals surface area contributed by atoms with Crippen molar-refractivity contribution in [2.75, 3.05) is 6.61 Å². The third-order valence-corrected chi connectivity index (χ3v) is 2.54. The highest BCUT2D eigenvalue weighted by Crippen LogP contribution is 2.24. The van der Waals surface area contributed by atoms with Gasteiger partial charge in [-0.2, -0.15) is 0 Å². The molecule has 0 bridgehead atoms. The summed E-state index contributed by atoms with van der Waals surface area (Å²) in [5, 5.41) is 0. The van der Waals surface area contributed by atoms with E-state index in [-0.39, 0.29) is 0 Å². The molecule has 92 valence electrons. The molecule has 0 aliphatic rings. The van der Waals surface area contributed by atoms with Gasteiger partial charge in [0.05, 0.1) is 6.61 Å². The summed E-state index contributed by atoms with van der Waals surface area (Å²) in [6, 6.07) is 15.2. The second kappa shape index (κ2) is 5.87. The van der Waals surface area contributed by atoms with Crippen LogP contribution in [0, 0.1) is 0 Å². The Morgan fingerprint density at radius 3 is 1.83 bits per heavy atom. The molecule has 0 atom stereocenters. The summed E-state index contributed by atoms with van der Waals surface area (Å²) in [6.45, 7) is 3.04. The molecule has 0 saturated heterocycles. The van der Waals surface area contributed by atoms with Gasteiger partial charge in [-0.15, -0.1) is 0 Å². The average Bonchev–Trinajstić information content (AvgIpc) is 2.41. The maximum atomic E-state index is 10.2. The predicted molar refractivity (Wildman–Crippen MR) is 69.7 cm³/mol. The normalized spacial score (nSPS) is 9.83. The van der Waals surface area contributed by atoms with Crippen LogP contribution in [0.4, 0.5) is 0 Å². The Morgan fingerprint density at radius 2 is 1.39 bits per heavy atom. The van der Waals surface area contributed by atoms with E-state index in [1.54, 1.807) is 12.1 Å². The maximum absolute atomic E-state index is 10.2. The smallest absolute Gasteiger partial charge is 0.298 e. The number of hydrogen-bond acceptors (Lipinski definition) is 3. The molecule has 0 saturated carbocycles. The molecule has 0 N–H and O–H groups in total. The predicted octanol–water partition coefficient (Wildman–Crippen LogP) is 3.29. The van der Waals surface area contributed by atoms with Gasteiger partial charge < -0.3 is 9.47 Å². The Morgan fingerprint density at radius 1 is 0.889 bits per heavy atom. The van der Waals surface area contributed by atoms with E-state index in [1.807, 2.05) is 43.3 Å². The number of benzene rings is 2. The first-order valence-corrected chi connectivity index (χ1v) is 5.77. The minimum absolute atomic E-state index is 0.423. The van der Waals surface area contributed by atoms with E-state index in [9.17, 15) is 4.79 Å². The van der Waals surface area contributed by atoms with Gasteiger partial charge in [0.15, 0.2) is 0 Å². The van der Waals surface area contributed by atoms with Crippen molar-refractivity contribution in [1.29, 1.82) is 0 Å². The SMILES string of the molecule is CCOc1ccc(-c2ccc(OC=O)cc2)cc1. The Bertz CT molecular complexity index is 500. The lowest BCUT2D eigenvalue weighted by Crippen LogP contribution is -1.90. The summed E-state index contributed by atoms with van der Waals surface area (Å²) >= 11 is 0. The van der Waals surface area contributed by atoms with E-state index < -0.39 is 0 Å². The number of rotatable bonds is 5. The Hall–Kier alpha value is -2.29. The van der Waals surface area contributed by atoms with Gasteiger partial charge in [0, 0.05) is 0 Å². The molecule has 3 heteroatoms. The lowest BCUT2D eigenvalue weighted by Gasteiger charge is -2.05. The molecule has 0 fully saturated rings. The summed E-state index contributed by atoms with van der Waals surface area (Å²) in [7, 11) is 0. The highest BCUT2D eigenvalue weighted by molar-refractivity contribution is 5.65. The lowest BCUT2D eigenvalue weighted by atomic mass is 10.1. The van der Waals surface area contributed by atoms with Crippen molar-refractivity contribution in [2.45, 2.75) is 6.92 Å². The van der Waals surface area contributed by atoms with Crippen molar-refractivity contribution in [3.8, 4) is 22.6 Å². The molecule has 0 unspecified atom stereocenters. The summed E-state index contributed by atoms with van der Waals surface area (Å²) in [6.07, 6.45) is 0. The van der Waals surface area contributed by atoms with E-state index in [1.165, 1.54) is 0 Å². The van der Waals surface area contributed by atoms with Gasteiger partial charge in [0.1, 0.15) is 11.5 Å². The number of ether oxygens (including phenoxy) is 2. The highest BCUT2D eigenvalue weighted by atomic mass is 16.5. The molecular weight excluding hydrogens is 228 g/mol. The molecule has 0 aromatic heterocycles. The molecule has 0 spiro atoms. The fourth-order valence-corrected chi connectivity index (χ4v) is 1.69. The zero-order chi connectivity index (χ0) is 12.8. The van der Waals surface area contributed by atoms with Crippen LogP contribution in [-0.4, -0.2) is 13.1 Å². The first kappa shape index (κ1) is 12.2. The van der Waals surface area contributed by atoms with Gasteiger partial charge in [0.25, 0.3) is 6.47 Å². The summed E-state index contributed by atoms with van der Waals surface area (Å²) in [4.78, 5) is 10.2. The van der Waals surface area contributed by atoms with E-state index in [0.29, 0.717) is 18.8 Å². The first-order valence-electron chi connectivity index (χ1n) is 5.77. The molecule has 2 aromatic rings. The van der Waals surface area contributed by atoms with Gasteiger partial charge in [-0.3, -0.25) is 4.79 Å². The van der Waals surface area contributed by atoms with Crippen molar-refractivity contribution in [2.24, 2.45) is 0 Å². The van der Waals surface area contributed by atoms with Crippen molar-refractivity contribution in [1.82, 2.24) is 0 Å². The van der Waals surface area contributed by atoms with Crippen LogP contribution in [0.5, 0.6) is 11.5 Å². The van der Waals surface area contributed by atoms with Gasteiger partial charge in [-0.1, -0.05) is 24.3 Å². The Balaban J connectivity index is 2.17. The molecular formula is C15H14O3. The van der Waals surface area contributed by atoms with Crippen LogP contribution in [0.1, 0.15) is 6.92 Å². The standard InChI is InChI=1S/C15H14O3/c1-2-17-14-7-3-12(4-8-14)13-5-9-15(10-6-13)18-11-16/h3-11H,2H2,1H3. The van der Waals surface area contributed by atoms with Gasteiger partial charge >= 0.3 is 0 Å². The molecule has 2 aromatic carbocycles. The fourth-order valence-electron chi connectivity index (χ4n) is 1.69. The largest absolute Gasteiger partial charge is 0.494 e. The maximum Gasteiger partial charge on any atom is 0.298 e. The van der Waals surface area contributed by atoms with Gasteiger partial charge in [0.2, 0.25) is 0 Å². The minimum atomic E-state index is 0.423. The molecule has 3 nitrogen and oxygen atoms in total. The number of carbonyl (C=O) groups excluding carboxylic acids is 1. The minimum Gasteiger partial charge on any atom is -0.494 e. The summed E-state index contributed by atoms with van der Waals surface area (Å²) in [5.41, 5.74) is 2.16. The third kappa shape index (κ3) is 2.88. The van der Waals surface area contributed by atoms with Crippen LogP contribution < -0.4 is 9.47 Å². The third-order valence-electron chi connectivity index (χ3n) is 2.54. The summed E-state index contributed by atoms with van der Waals surface area (Å²) < 4.78 is 10.1. The van der Waals surface area contributed by atoms with Crippen molar-refractivity contribution < 1.29 is 14.3 Å². The van der Waals surface area contributed by atoms with E-state index >= 15 is 0 Å². The Labute approximate surface area is 106 Å². The van der Waals surface area contributed by atoms with Crippen molar-refractivity contribution in [3.63, 3.8) is 0 Å². The average molecular weight is 242 g/mol. The van der Waals surface area contributed by atoms with E-state index in [0.717, 1.165) is 16.9 Å². The fraction of sp³-hybridized carbons (Fsp3) is 0.133. The topological polar surface area (TPSA) is 35.5 Å². The Kier molecular flexibility index (Phi) is 3.97. The van der Waals surface area contributed by atoms with Crippen LogP contribution in [0.3, 0.4) is 0 Å². The molecule has 0 amide bonds. The number of hydrogen-bond donors (Lipinski definition) is 0. The molecule has 0 radical (unpaired) electrons. The summed E-state index contributed by atoms with van der Waals surface area (Å²) in [5.74, 6) is 1.40. The van der Waals surface area contributed by atoms with Crippen molar-refractivity contribution in [3.05, 3.63) is 48.5 Å². The van der Waals surface area contributed by atoms with E-state index in [2.05, 4.69) is 0 Å². The molecule has 2 rings (SSSR count). The van der Waals surface area contributed by atoms with Gasteiger partial charge in [-0.05, 0) is 42.3 Å². The van der Waals surface area contributed by atoms with Crippen LogP contribution in [0.2, 0.25) is 0 Å². The molecule has 0 aliphatic heterocycles. The zero-order valence-corrected chi connectivity index (χ0v) is 10.1. The second-order valence-corrected chi connectivity index (χ2v) is 3.70. The monoisotopic (exact) mass is 242 g/mol. The molecule has 0 aliphatic carbocycles. The van der Waals surface area contributed by atoms with Crippen molar-refractivity contribution >= 4 is 6.47 Å².